The van der Waals surface area contributed by atoms with Crippen LogP contribution in [0, 0.1) is 13.8 Å². The standard InChI is InChI=1S/C27H27N3O3S2/c1-19-16-20(2)25-24(17-19)34-27(28-25)30(18-21-8-4-3-5-9-21)26(31)22-10-12-23(13-11-22)35(32,33)29-14-6-7-15-29/h3-5,8-13,16-17H,6-7,14-15,18H2,1-2H3. The lowest BCUT2D eigenvalue weighted by Gasteiger charge is -2.21. The number of benzene rings is 3. The number of amides is 1. The zero-order valence-corrected chi connectivity index (χ0v) is 21.4. The Morgan fingerprint density at radius 1 is 1.00 bits per heavy atom. The maximum Gasteiger partial charge on any atom is 0.260 e. The summed E-state index contributed by atoms with van der Waals surface area (Å²) >= 11 is 1.49. The Morgan fingerprint density at radius 2 is 1.69 bits per heavy atom. The van der Waals surface area contributed by atoms with Crippen molar-refractivity contribution in [2.45, 2.75) is 38.1 Å². The Balaban J connectivity index is 1.50. The number of aryl methyl sites for hydroxylation is 2. The first kappa shape index (κ1) is 23.7. The van der Waals surface area contributed by atoms with Crippen molar-refractivity contribution in [1.29, 1.82) is 0 Å². The van der Waals surface area contributed by atoms with E-state index in [4.69, 9.17) is 4.98 Å². The second kappa shape index (κ2) is 9.53. The van der Waals surface area contributed by atoms with Gasteiger partial charge >= 0.3 is 0 Å². The largest absolute Gasteiger partial charge is 0.279 e. The lowest BCUT2D eigenvalue weighted by Crippen LogP contribution is -2.30. The fourth-order valence-electron chi connectivity index (χ4n) is 4.47. The summed E-state index contributed by atoms with van der Waals surface area (Å²) < 4.78 is 28.3. The second-order valence-electron chi connectivity index (χ2n) is 8.94. The molecular formula is C27H27N3O3S2. The molecule has 6 nitrogen and oxygen atoms in total. The SMILES string of the molecule is Cc1cc(C)c2nc(N(Cc3ccccc3)C(=O)c3ccc(S(=O)(=O)N4CCCC4)cc3)sc2c1. The fraction of sp³-hybridized carbons (Fsp3) is 0.259. The van der Waals surface area contributed by atoms with Crippen LogP contribution in [0.25, 0.3) is 10.2 Å². The molecule has 1 aliphatic rings. The molecule has 5 rings (SSSR count). The Kier molecular flexibility index (Phi) is 6.44. The van der Waals surface area contributed by atoms with Gasteiger partial charge in [-0.25, -0.2) is 13.4 Å². The molecule has 4 aromatic rings. The summed E-state index contributed by atoms with van der Waals surface area (Å²) in [4.78, 5) is 20.5. The summed E-state index contributed by atoms with van der Waals surface area (Å²) in [6.45, 7) is 5.54. The molecule has 2 heterocycles. The highest BCUT2D eigenvalue weighted by atomic mass is 32.2. The highest BCUT2D eigenvalue weighted by molar-refractivity contribution is 7.89. The molecule has 0 bridgehead atoms. The molecule has 3 aromatic carbocycles. The van der Waals surface area contributed by atoms with Gasteiger partial charge < -0.3 is 0 Å². The van der Waals surface area contributed by atoms with Gasteiger partial charge in [-0.3, -0.25) is 9.69 Å². The number of carbonyl (C=O) groups is 1. The molecule has 0 aliphatic carbocycles. The van der Waals surface area contributed by atoms with E-state index in [1.54, 1.807) is 17.0 Å². The first-order valence-corrected chi connectivity index (χ1v) is 13.9. The first-order valence-electron chi connectivity index (χ1n) is 11.7. The molecule has 1 aliphatic heterocycles. The van der Waals surface area contributed by atoms with E-state index in [0.717, 1.165) is 39.7 Å². The van der Waals surface area contributed by atoms with E-state index in [2.05, 4.69) is 19.1 Å². The molecule has 1 amide bonds. The van der Waals surface area contributed by atoms with E-state index in [-0.39, 0.29) is 10.8 Å². The summed E-state index contributed by atoms with van der Waals surface area (Å²) in [5.74, 6) is -0.215. The Hall–Kier alpha value is -3.07. The molecule has 0 spiro atoms. The van der Waals surface area contributed by atoms with Crippen LogP contribution in [0.4, 0.5) is 5.13 Å². The van der Waals surface area contributed by atoms with Crippen LogP contribution >= 0.6 is 11.3 Å². The number of sulfonamides is 1. The monoisotopic (exact) mass is 505 g/mol. The molecule has 1 fully saturated rings. The number of aromatic nitrogens is 1. The minimum absolute atomic E-state index is 0.215. The number of hydrogen-bond donors (Lipinski definition) is 0. The van der Waals surface area contributed by atoms with Crippen LogP contribution in [-0.4, -0.2) is 36.7 Å². The van der Waals surface area contributed by atoms with E-state index < -0.39 is 10.0 Å². The topological polar surface area (TPSA) is 70.6 Å². The minimum atomic E-state index is -3.53. The highest BCUT2D eigenvalue weighted by Crippen LogP contribution is 2.33. The van der Waals surface area contributed by atoms with E-state index in [0.29, 0.717) is 30.3 Å². The summed E-state index contributed by atoms with van der Waals surface area (Å²) in [6, 6.07) is 20.3. The average molecular weight is 506 g/mol. The molecule has 0 unspecified atom stereocenters. The highest BCUT2D eigenvalue weighted by Gasteiger charge is 2.28. The number of hydrogen-bond acceptors (Lipinski definition) is 5. The number of carbonyl (C=O) groups excluding carboxylic acids is 1. The summed E-state index contributed by atoms with van der Waals surface area (Å²) in [7, 11) is -3.53. The van der Waals surface area contributed by atoms with Gasteiger partial charge in [-0.1, -0.05) is 47.7 Å². The smallest absolute Gasteiger partial charge is 0.260 e. The van der Waals surface area contributed by atoms with Crippen LogP contribution in [0.5, 0.6) is 0 Å². The van der Waals surface area contributed by atoms with Crippen LogP contribution in [0.15, 0.2) is 71.6 Å². The van der Waals surface area contributed by atoms with E-state index in [1.165, 1.54) is 27.8 Å². The molecule has 0 radical (unpaired) electrons. The van der Waals surface area contributed by atoms with Gasteiger partial charge in [-0.15, -0.1) is 0 Å². The number of nitrogens with zero attached hydrogens (tertiary/aromatic N) is 3. The first-order chi connectivity index (χ1) is 16.8. The van der Waals surface area contributed by atoms with Gasteiger partial charge in [-0.2, -0.15) is 4.31 Å². The third-order valence-corrected chi connectivity index (χ3v) is 9.22. The summed E-state index contributed by atoms with van der Waals surface area (Å²) in [5, 5.41) is 0.622. The Labute approximate surface area is 209 Å². The molecule has 1 aromatic heterocycles. The normalized spacial score (nSPS) is 14.5. The molecule has 1 saturated heterocycles. The maximum atomic E-state index is 13.7. The van der Waals surface area contributed by atoms with Crippen LogP contribution < -0.4 is 4.90 Å². The van der Waals surface area contributed by atoms with Gasteiger partial charge in [0, 0.05) is 18.7 Å². The fourth-order valence-corrected chi connectivity index (χ4v) is 7.13. The van der Waals surface area contributed by atoms with Crippen molar-refractivity contribution >= 4 is 42.6 Å². The molecule has 8 heteroatoms. The van der Waals surface area contributed by atoms with E-state index >= 15 is 0 Å². The van der Waals surface area contributed by atoms with Crippen LogP contribution in [0.2, 0.25) is 0 Å². The third-order valence-electron chi connectivity index (χ3n) is 6.28. The number of thiazole rings is 1. The van der Waals surface area contributed by atoms with Gasteiger partial charge in [-0.05, 0) is 73.7 Å². The van der Waals surface area contributed by atoms with Gasteiger partial charge in [0.2, 0.25) is 10.0 Å². The van der Waals surface area contributed by atoms with Crippen molar-refractivity contribution in [2.75, 3.05) is 18.0 Å². The predicted molar refractivity (Wildman–Crippen MR) is 140 cm³/mol. The van der Waals surface area contributed by atoms with Crippen molar-refractivity contribution in [1.82, 2.24) is 9.29 Å². The molecule has 0 atom stereocenters. The van der Waals surface area contributed by atoms with Crippen molar-refractivity contribution in [3.05, 3.63) is 89.0 Å². The van der Waals surface area contributed by atoms with E-state index in [1.807, 2.05) is 37.3 Å². The minimum Gasteiger partial charge on any atom is -0.279 e. The second-order valence-corrected chi connectivity index (χ2v) is 11.9. The van der Waals surface area contributed by atoms with Crippen molar-refractivity contribution in [3.8, 4) is 0 Å². The van der Waals surface area contributed by atoms with Crippen LogP contribution in [0.1, 0.15) is 39.9 Å². The zero-order valence-electron chi connectivity index (χ0n) is 19.8. The molecule has 0 saturated carbocycles. The molecule has 35 heavy (non-hydrogen) atoms. The molecule has 180 valence electrons. The van der Waals surface area contributed by atoms with Gasteiger partial charge in [0.05, 0.1) is 21.7 Å². The zero-order chi connectivity index (χ0) is 24.6. The average Bonchev–Trinajstić information content (AvgIpc) is 3.54. The molecular weight excluding hydrogens is 478 g/mol. The summed E-state index contributed by atoms with van der Waals surface area (Å²) in [6.07, 6.45) is 1.76. The van der Waals surface area contributed by atoms with Crippen molar-refractivity contribution < 1.29 is 13.2 Å². The summed E-state index contributed by atoms with van der Waals surface area (Å²) in [5.41, 5.74) is 4.54. The molecule has 0 N–H and O–H groups in total. The third kappa shape index (κ3) is 4.74. The van der Waals surface area contributed by atoms with Crippen molar-refractivity contribution in [3.63, 3.8) is 0 Å². The van der Waals surface area contributed by atoms with Crippen LogP contribution in [0.3, 0.4) is 0 Å². The lowest BCUT2D eigenvalue weighted by atomic mass is 10.1. The van der Waals surface area contributed by atoms with E-state index in [9.17, 15) is 13.2 Å². The van der Waals surface area contributed by atoms with Crippen molar-refractivity contribution in [2.24, 2.45) is 0 Å². The van der Waals surface area contributed by atoms with Gasteiger partial charge in [0.15, 0.2) is 5.13 Å². The van der Waals surface area contributed by atoms with Gasteiger partial charge in [0.25, 0.3) is 5.91 Å². The quantitative estimate of drug-likeness (QED) is 0.345. The predicted octanol–water partition coefficient (Wildman–Crippen LogP) is 5.54. The lowest BCUT2D eigenvalue weighted by molar-refractivity contribution is 0.0985. The number of fused-ring (bicyclic) bond motifs is 1. The number of anilines is 1. The number of rotatable bonds is 6. The van der Waals surface area contributed by atoms with Crippen LogP contribution in [-0.2, 0) is 16.6 Å². The maximum absolute atomic E-state index is 13.7. The Morgan fingerprint density at radius 3 is 2.37 bits per heavy atom. The Bertz CT molecular complexity index is 1470. The van der Waals surface area contributed by atoms with Gasteiger partial charge in [0.1, 0.15) is 0 Å².